The Kier molecular flexibility index (Phi) is 53.1. The summed E-state index contributed by atoms with van der Waals surface area (Å²) in [6.45, 7) is 3.95. The highest BCUT2D eigenvalue weighted by Crippen LogP contribution is 2.38. The fourth-order valence-corrected chi connectivity index (χ4v) is 8.36. The lowest BCUT2D eigenvalue weighted by atomic mass is 10.0. The molecule has 2 atom stereocenters. The predicted octanol–water partition coefficient (Wildman–Crippen LogP) is 18.3. The summed E-state index contributed by atoms with van der Waals surface area (Å²) in [4.78, 5) is 37.8. The summed E-state index contributed by atoms with van der Waals surface area (Å²) in [6.07, 6.45) is 81.0. The molecule has 0 saturated heterocycles. The number of carbonyl (C=O) groups is 2. The van der Waals surface area contributed by atoms with Crippen molar-refractivity contribution in [2.75, 3.05) is 47.5 Å². The van der Waals surface area contributed by atoms with Crippen molar-refractivity contribution in [3.8, 4) is 0 Å². The number of phosphoric acid groups is 1. The SMILES string of the molecule is CC/C=C\C/C=C\C/C=C\C/C=C\C/C=C\C/C=C\C/C=C\C/C=C\CCCCCCCCCCCCCCCCC(=O)OC(COC(=O)CCCCC/C=C\C/C=C\C/C=C\CC)COP(=O)([O-])OCC[N+](C)(C)C. The van der Waals surface area contributed by atoms with Gasteiger partial charge in [-0.3, -0.25) is 14.2 Å². The number of ether oxygens (including phenoxy) is 2. The van der Waals surface area contributed by atoms with Crippen LogP contribution in [0.1, 0.15) is 219 Å². The highest BCUT2D eigenvalue weighted by Gasteiger charge is 2.21. The first-order valence-corrected chi connectivity index (χ1v) is 31.4. The van der Waals surface area contributed by atoms with Crippen LogP contribution in [-0.4, -0.2) is 70.0 Å². The molecule has 0 aliphatic heterocycles. The number of allylic oxidation sites excluding steroid dienone is 22. The van der Waals surface area contributed by atoms with Gasteiger partial charge in [0.15, 0.2) is 6.10 Å². The Bertz CT molecular complexity index is 1740. The molecule has 76 heavy (non-hydrogen) atoms. The minimum Gasteiger partial charge on any atom is -0.756 e. The molecule has 432 valence electrons. The molecule has 10 heteroatoms. The van der Waals surface area contributed by atoms with Gasteiger partial charge in [0.05, 0.1) is 27.7 Å². The lowest BCUT2D eigenvalue weighted by molar-refractivity contribution is -0.870. The zero-order valence-electron chi connectivity index (χ0n) is 48.9. The van der Waals surface area contributed by atoms with Gasteiger partial charge >= 0.3 is 11.9 Å². The van der Waals surface area contributed by atoms with Gasteiger partial charge in [0.2, 0.25) is 0 Å². The van der Waals surface area contributed by atoms with E-state index in [1.165, 1.54) is 70.6 Å². The third kappa shape index (κ3) is 59.4. The number of hydrogen-bond donors (Lipinski definition) is 0. The van der Waals surface area contributed by atoms with E-state index in [0.717, 1.165) is 109 Å². The number of likely N-dealkylation sites (N-methyl/N-ethyl adjacent to an activating group) is 1. The zero-order chi connectivity index (χ0) is 55.6. The van der Waals surface area contributed by atoms with E-state index < -0.39 is 32.5 Å². The molecule has 0 bridgehead atoms. The summed E-state index contributed by atoms with van der Waals surface area (Å²) in [5.74, 6) is -0.876. The number of phosphoric ester groups is 1. The van der Waals surface area contributed by atoms with Gasteiger partial charge in [-0.1, -0.05) is 231 Å². The Morgan fingerprint density at radius 3 is 1.07 bits per heavy atom. The number of hydrogen-bond acceptors (Lipinski definition) is 8. The summed E-state index contributed by atoms with van der Waals surface area (Å²) >= 11 is 0. The normalized spacial score (nSPS) is 14.2. The number of unbranched alkanes of at least 4 members (excludes halogenated alkanes) is 17. The highest BCUT2D eigenvalue weighted by atomic mass is 31.2. The fourth-order valence-electron chi connectivity index (χ4n) is 7.63. The van der Waals surface area contributed by atoms with Crippen molar-refractivity contribution < 1.29 is 42.1 Å². The molecule has 9 nitrogen and oxygen atoms in total. The van der Waals surface area contributed by atoms with Crippen LogP contribution in [0.4, 0.5) is 0 Å². The molecule has 0 aromatic rings. The average molecular weight is 1080 g/mol. The van der Waals surface area contributed by atoms with Gasteiger partial charge in [-0.25, -0.2) is 0 Å². The lowest BCUT2D eigenvalue weighted by Crippen LogP contribution is -2.37. The average Bonchev–Trinajstić information content (AvgIpc) is 3.38. The van der Waals surface area contributed by atoms with Crippen LogP contribution in [0.5, 0.6) is 0 Å². The standard InChI is InChI=1S/C66H110NO8P/c1-6-8-10-12-14-16-18-20-21-22-23-24-25-26-27-28-29-30-31-32-33-34-35-36-37-38-39-40-41-42-43-44-45-47-49-51-53-55-57-59-66(69)75-64(63-74-76(70,71)73-61-60-67(3,4)5)62-72-65(68)58-56-54-52-50-48-46-19-17-15-13-11-9-7-2/h8-11,14-17,20-21,23-24,26-27,29-30,32-33,35-36,46,48,64H,6-7,12-13,18-19,22,25,28,31,34,37-45,47,49-63H2,1-5H3/b10-8-,11-9-,16-14-,17-15-,21-20-,24-23-,27-26-,30-29-,33-32-,36-35-,48-46-. The van der Waals surface area contributed by atoms with Crippen LogP contribution < -0.4 is 4.89 Å². The van der Waals surface area contributed by atoms with Crippen LogP contribution in [-0.2, 0) is 32.7 Å². The zero-order valence-corrected chi connectivity index (χ0v) is 49.8. The first-order chi connectivity index (χ1) is 37.0. The molecule has 0 aromatic heterocycles. The maximum absolute atomic E-state index is 12.8. The Balaban J connectivity index is 4.04. The van der Waals surface area contributed by atoms with Gasteiger partial charge in [0.1, 0.15) is 19.8 Å². The summed E-state index contributed by atoms with van der Waals surface area (Å²) in [5, 5.41) is 0. The molecule has 0 aromatic carbocycles. The van der Waals surface area contributed by atoms with E-state index >= 15 is 0 Å². The smallest absolute Gasteiger partial charge is 0.306 e. The minimum atomic E-state index is -4.65. The van der Waals surface area contributed by atoms with Crippen molar-refractivity contribution in [3.05, 3.63) is 134 Å². The quantitative estimate of drug-likeness (QED) is 0.0195. The summed E-state index contributed by atoms with van der Waals surface area (Å²) in [7, 11) is 1.13. The number of nitrogens with zero attached hydrogens (tertiary/aromatic N) is 1. The van der Waals surface area contributed by atoms with Gasteiger partial charge in [-0.05, 0) is 109 Å². The van der Waals surface area contributed by atoms with Crippen LogP contribution in [0.3, 0.4) is 0 Å². The van der Waals surface area contributed by atoms with E-state index in [1.54, 1.807) is 0 Å². The van der Waals surface area contributed by atoms with Crippen LogP contribution in [0.2, 0.25) is 0 Å². The van der Waals surface area contributed by atoms with Crippen molar-refractivity contribution in [3.63, 3.8) is 0 Å². The minimum absolute atomic E-state index is 0.0414. The second kappa shape index (κ2) is 55.9. The molecule has 0 amide bonds. The van der Waals surface area contributed by atoms with E-state index in [-0.39, 0.29) is 26.1 Å². The van der Waals surface area contributed by atoms with E-state index in [4.69, 9.17) is 18.5 Å². The van der Waals surface area contributed by atoms with Crippen molar-refractivity contribution in [2.45, 2.75) is 225 Å². The van der Waals surface area contributed by atoms with Crippen molar-refractivity contribution >= 4 is 19.8 Å². The Morgan fingerprint density at radius 2 is 0.711 bits per heavy atom. The van der Waals surface area contributed by atoms with Crippen molar-refractivity contribution in [2.24, 2.45) is 0 Å². The van der Waals surface area contributed by atoms with Crippen molar-refractivity contribution in [1.29, 1.82) is 0 Å². The first kappa shape index (κ1) is 72.2. The topological polar surface area (TPSA) is 111 Å². The molecule has 0 N–H and O–H groups in total. The molecular weight excluding hydrogens is 966 g/mol. The number of quaternary nitrogens is 1. The molecule has 0 fully saturated rings. The largest absolute Gasteiger partial charge is 0.756 e. The highest BCUT2D eigenvalue weighted by molar-refractivity contribution is 7.45. The summed E-state index contributed by atoms with van der Waals surface area (Å²) < 4.78 is 34.0. The van der Waals surface area contributed by atoms with E-state index in [2.05, 4.69) is 148 Å². The maximum Gasteiger partial charge on any atom is 0.306 e. The number of carbonyl (C=O) groups excluding carboxylic acids is 2. The molecule has 0 aliphatic carbocycles. The molecular formula is C66H110NO8P. The van der Waals surface area contributed by atoms with Gasteiger partial charge in [-0.15, -0.1) is 0 Å². The molecule has 0 radical (unpaired) electrons. The van der Waals surface area contributed by atoms with Gasteiger partial charge in [0, 0.05) is 12.8 Å². The van der Waals surface area contributed by atoms with Crippen molar-refractivity contribution in [1.82, 2.24) is 0 Å². The summed E-state index contributed by atoms with van der Waals surface area (Å²) in [6, 6.07) is 0. The molecule has 2 unspecified atom stereocenters. The first-order valence-electron chi connectivity index (χ1n) is 29.9. The van der Waals surface area contributed by atoms with E-state index in [9.17, 15) is 19.0 Å². The second-order valence-corrected chi connectivity index (χ2v) is 22.0. The lowest BCUT2D eigenvalue weighted by Gasteiger charge is -2.28. The van der Waals surface area contributed by atoms with Gasteiger partial charge < -0.3 is 27.9 Å². The molecule has 0 saturated carbocycles. The number of esters is 2. The molecule has 0 aliphatic rings. The monoisotopic (exact) mass is 1080 g/mol. The third-order valence-corrected chi connectivity index (χ3v) is 13.1. The van der Waals surface area contributed by atoms with Crippen LogP contribution in [0.15, 0.2) is 134 Å². The maximum atomic E-state index is 12.8. The van der Waals surface area contributed by atoms with Crippen LogP contribution in [0.25, 0.3) is 0 Å². The Labute approximate surface area is 466 Å². The van der Waals surface area contributed by atoms with Gasteiger partial charge in [-0.2, -0.15) is 0 Å². The predicted molar refractivity (Wildman–Crippen MR) is 323 cm³/mol. The Morgan fingerprint density at radius 1 is 0.408 bits per heavy atom. The number of rotatable bonds is 53. The van der Waals surface area contributed by atoms with E-state index in [1.807, 2.05) is 21.1 Å². The van der Waals surface area contributed by atoms with E-state index in [0.29, 0.717) is 23.9 Å². The van der Waals surface area contributed by atoms with Gasteiger partial charge in [0.25, 0.3) is 7.82 Å². The third-order valence-electron chi connectivity index (χ3n) is 12.2. The van der Waals surface area contributed by atoms with Crippen LogP contribution >= 0.6 is 7.82 Å². The molecule has 0 heterocycles. The van der Waals surface area contributed by atoms with Crippen LogP contribution in [0, 0.1) is 0 Å². The second-order valence-electron chi connectivity index (χ2n) is 20.6. The fraction of sp³-hybridized carbons (Fsp3) is 0.636. The molecule has 0 spiro atoms. The molecule has 0 rings (SSSR count). The summed E-state index contributed by atoms with van der Waals surface area (Å²) in [5.41, 5.74) is 0. The Hall–Kier alpha value is -3.85.